The van der Waals surface area contributed by atoms with Crippen LogP contribution in [0.25, 0.3) is 0 Å². The number of rotatable bonds is 7. The van der Waals surface area contributed by atoms with Crippen molar-refractivity contribution < 1.29 is 22.7 Å². The van der Waals surface area contributed by atoms with Crippen molar-refractivity contribution in [2.24, 2.45) is 4.99 Å². The number of halogens is 3. The molecule has 0 bridgehead atoms. The summed E-state index contributed by atoms with van der Waals surface area (Å²) in [5.41, 5.74) is 6.98. The molecule has 2 aromatic carbocycles. The predicted molar refractivity (Wildman–Crippen MR) is 114 cm³/mol. The fourth-order valence-electron chi connectivity index (χ4n) is 3.19. The number of guanidine groups is 1. The molecule has 0 spiro atoms. The standard InChI is InChI=1S/C22H26F3N5O2/c1-3-32-12-13(2)26-22(28-21(31)15-6-9-17(24)18(25)10-15)27-20-11-19(29-30-20)14-4-7-16(23)8-5-14/h4-10,13,19-20,29-30H,3,11-12H2,1-2H3,(H2,26,27,28,31)/t13-,19?,20?/m0/s1. The normalized spacial score (nSPS) is 19.6. The molecule has 0 aliphatic carbocycles. The van der Waals surface area contributed by atoms with Gasteiger partial charge in [0.1, 0.15) is 12.0 Å². The van der Waals surface area contributed by atoms with E-state index < -0.39 is 23.7 Å². The second kappa shape index (κ2) is 11.1. The zero-order valence-electron chi connectivity index (χ0n) is 17.8. The van der Waals surface area contributed by atoms with Crippen LogP contribution in [0.3, 0.4) is 0 Å². The summed E-state index contributed by atoms with van der Waals surface area (Å²) in [6.07, 6.45) is 0.134. The molecule has 2 unspecified atom stereocenters. The number of amides is 1. The van der Waals surface area contributed by atoms with E-state index in [0.717, 1.165) is 17.7 Å². The Kier molecular flexibility index (Phi) is 8.20. The molecule has 10 heteroatoms. The number of nitrogens with zero attached hydrogens (tertiary/aromatic N) is 1. The number of nitrogens with one attached hydrogen (secondary N) is 4. The fraction of sp³-hybridized carbons (Fsp3) is 0.364. The van der Waals surface area contributed by atoms with Crippen molar-refractivity contribution in [3.8, 4) is 0 Å². The van der Waals surface area contributed by atoms with Gasteiger partial charge in [-0.1, -0.05) is 12.1 Å². The Morgan fingerprint density at radius 3 is 2.59 bits per heavy atom. The minimum atomic E-state index is -1.11. The lowest BCUT2D eigenvalue weighted by Crippen LogP contribution is -2.47. The molecule has 172 valence electrons. The summed E-state index contributed by atoms with van der Waals surface area (Å²) in [6, 6.07) is 8.78. The van der Waals surface area contributed by atoms with Crippen LogP contribution in [-0.2, 0) is 4.74 Å². The summed E-state index contributed by atoms with van der Waals surface area (Å²) in [7, 11) is 0. The van der Waals surface area contributed by atoms with Crippen molar-refractivity contribution in [1.82, 2.24) is 21.5 Å². The van der Waals surface area contributed by atoms with Crippen LogP contribution in [0.2, 0.25) is 0 Å². The van der Waals surface area contributed by atoms with Gasteiger partial charge in [0.2, 0.25) is 0 Å². The zero-order valence-corrected chi connectivity index (χ0v) is 17.8. The van der Waals surface area contributed by atoms with Gasteiger partial charge >= 0.3 is 0 Å². The second-order valence-corrected chi connectivity index (χ2v) is 7.41. The van der Waals surface area contributed by atoms with Gasteiger partial charge in [-0.15, -0.1) is 0 Å². The first kappa shape index (κ1) is 23.7. The number of aliphatic imine (C=N–C) groups is 1. The highest BCUT2D eigenvalue weighted by Gasteiger charge is 2.25. The largest absolute Gasteiger partial charge is 0.380 e. The van der Waals surface area contributed by atoms with Crippen molar-refractivity contribution in [2.45, 2.75) is 38.5 Å². The fourth-order valence-corrected chi connectivity index (χ4v) is 3.19. The summed E-state index contributed by atoms with van der Waals surface area (Å²) < 4.78 is 45.3. The Hall–Kier alpha value is -2.95. The molecule has 3 rings (SSSR count). The number of ether oxygens (including phenoxy) is 1. The third kappa shape index (κ3) is 6.52. The first-order valence-corrected chi connectivity index (χ1v) is 10.3. The zero-order chi connectivity index (χ0) is 23.1. The van der Waals surface area contributed by atoms with E-state index in [1.54, 1.807) is 12.1 Å². The van der Waals surface area contributed by atoms with Crippen LogP contribution >= 0.6 is 0 Å². The van der Waals surface area contributed by atoms with Gasteiger partial charge in [-0.25, -0.2) is 29.0 Å². The number of benzene rings is 2. The van der Waals surface area contributed by atoms with Gasteiger partial charge in [-0.2, -0.15) is 0 Å². The van der Waals surface area contributed by atoms with Gasteiger partial charge in [0.15, 0.2) is 17.6 Å². The van der Waals surface area contributed by atoms with Crippen molar-refractivity contribution in [1.29, 1.82) is 0 Å². The Morgan fingerprint density at radius 2 is 1.91 bits per heavy atom. The third-order valence-corrected chi connectivity index (χ3v) is 4.81. The van der Waals surface area contributed by atoms with E-state index in [1.807, 2.05) is 13.8 Å². The molecular weight excluding hydrogens is 423 g/mol. The molecule has 1 amide bonds. The Balaban J connectivity index is 1.72. The molecule has 0 radical (unpaired) electrons. The summed E-state index contributed by atoms with van der Waals surface area (Å²) in [4.78, 5) is 17.1. The van der Waals surface area contributed by atoms with Crippen molar-refractivity contribution in [3.63, 3.8) is 0 Å². The molecule has 7 nitrogen and oxygen atoms in total. The molecule has 1 heterocycles. The Morgan fingerprint density at radius 1 is 1.16 bits per heavy atom. The molecular formula is C22H26F3N5O2. The van der Waals surface area contributed by atoms with E-state index in [9.17, 15) is 18.0 Å². The molecule has 4 N–H and O–H groups in total. The lowest BCUT2D eigenvalue weighted by atomic mass is 10.0. The average Bonchev–Trinajstić information content (AvgIpc) is 3.23. The third-order valence-electron chi connectivity index (χ3n) is 4.81. The van der Waals surface area contributed by atoms with Crippen LogP contribution in [-0.4, -0.2) is 37.3 Å². The number of carbonyl (C=O) groups excluding carboxylic acids is 1. The van der Waals surface area contributed by atoms with Gasteiger partial charge in [-0.3, -0.25) is 10.1 Å². The van der Waals surface area contributed by atoms with Crippen molar-refractivity contribution >= 4 is 11.9 Å². The van der Waals surface area contributed by atoms with Crippen LogP contribution in [0.5, 0.6) is 0 Å². The van der Waals surface area contributed by atoms with E-state index in [1.165, 1.54) is 18.2 Å². The van der Waals surface area contributed by atoms with Crippen molar-refractivity contribution in [2.75, 3.05) is 13.2 Å². The summed E-state index contributed by atoms with van der Waals surface area (Å²) in [5, 5.41) is 5.69. The Labute approximate surface area is 184 Å². The molecule has 3 atom stereocenters. The lowest BCUT2D eigenvalue weighted by Gasteiger charge is -2.19. The van der Waals surface area contributed by atoms with E-state index in [4.69, 9.17) is 4.74 Å². The van der Waals surface area contributed by atoms with E-state index in [-0.39, 0.29) is 29.4 Å². The van der Waals surface area contributed by atoms with Crippen LogP contribution in [0.4, 0.5) is 13.2 Å². The van der Waals surface area contributed by atoms with Gasteiger partial charge < -0.3 is 10.1 Å². The van der Waals surface area contributed by atoms with Gasteiger partial charge in [0, 0.05) is 30.7 Å². The first-order valence-electron chi connectivity index (χ1n) is 10.3. The molecule has 1 fully saturated rings. The topological polar surface area (TPSA) is 86.8 Å². The maximum Gasteiger partial charge on any atom is 0.258 e. The van der Waals surface area contributed by atoms with Crippen LogP contribution in [0.1, 0.15) is 42.2 Å². The number of hydrazine groups is 1. The summed E-state index contributed by atoms with van der Waals surface area (Å²) >= 11 is 0. The average molecular weight is 449 g/mol. The highest BCUT2D eigenvalue weighted by Crippen LogP contribution is 2.22. The maximum atomic E-state index is 13.5. The Bertz CT molecular complexity index is 955. The molecule has 1 saturated heterocycles. The second-order valence-electron chi connectivity index (χ2n) is 7.41. The molecule has 0 saturated carbocycles. The molecule has 1 aliphatic heterocycles. The smallest absolute Gasteiger partial charge is 0.258 e. The van der Waals surface area contributed by atoms with Gasteiger partial charge in [-0.05, 0) is 49.7 Å². The number of carbonyl (C=O) groups is 1. The summed E-state index contributed by atoms with van der Waals surface area (Å²) in [6.45, 7) is 4.64. The molecule has 32 heavy (non-hydrogen) atoms. The predicted octanol–water partition coefficient (Wildman–Crippen LogP) is 2.77. The van der Waals surface area contributed by atoms with Crippen LogP contribution in [0, 0.1) is 17.5 Å². The van der Waals surface area contributed by atoms with Gasteiger partial charge in [0.25, 0.3) is 5.91 Å². The van der Waals surface area contributed by atoms with E-state index in [2.05, 4.69) is 26.5 Å². The number of hydrogen-bond donors (Lipinski definition) is 4. The quantitative estimate of drug-likeness (QED) is 0.386. The number of hydrogen-bond acceptors (Lipinski definition) is 5. The minimum absolute atomic E-state index is 0.0439. The van der Waals surface area contributed by atoms with Gasteiger partial charge in [0.05, 0.1) is 6.61 Å². The highest BCUT2D eigenvalue weighted by atomic mass is 19.2. The highest BCUT2D eigenvalue weighted by molar-refractivity contribution is 6.05. The molecule has 2 aromatic rings. The van der Waals surface area contributed by atoms with Crippen LogP contribution < -0.4 is 21.5 Å². The minimum Gasteiger partial charge on any atom is -0.380 e. The maximum absolute atomic E-state index is 13.5. The SMILES string of the molecule is CCOC[C@H](C)NC(=NC1CC(c2ccc(F)cc2)NN1)NC(=O)c1ccc(F)c(F)c1. The van der Waals surface area contributed by atoms with Crippen molar-refractivity contribution in [3.05, 3.63) is 71.0 Å². The lowest BCUT2D eigenvalue weighted by molar-refractivity contribution is 0.0973. The monoisotopic (exact) mass is 449 g/mol. The first-order chi connectivity index (χ1) is 15.4. The molecule has 1 aliphatic rings. The molecule has 0 aromatic heterocycles. The van der Waals surface area contributed by atoms with E-state index in [0.29, 0.717) is 19.6 Å². The van der Waals surface area contributed by atoms with E-state index >= 15 is 0 Å². The van der Waals surface area contributed by atoms with Crippen LogP contribution in [0.15, 0.2) is 47.5 Å². The summed E-state index contributed by atoms with van der Waals surface area (Å²) in [5.74, 6) is -2.95.